The molecule has 2 rings (SSSR count). The Morgan fingerprint density at radius 2 is 2.05 bits per heavy atom. The van der Waals surface area contributed by atoms with Crippen molar-refractivity contribution < 1.29 is 14.7 Å². The zero-order valence-corrected chi connectivity index (χ0v) is 13.1. The fraction of sp³-hybridized carbons (Fsp3) is 0.857. The van der Waals surface area contributed by atoms with Gasteiger partial charge in [0.15, 0.2) is 0 Å². The Morgan fingerprint density at radius 3 is 2.65 bits per heavy atom. The first-order valence-corrected chi connectivity index (χ1v) is 8.23. The van der Waals surface area contributed by atoms with Gasteiger partial charge in [0.25, 0.3) is 0 Å². The lowest BCUT2D eigenvalue weighted by molar-refractivity contribution is -0.150. The number of likely N-dealkylation sites (tertiary alicyclic amines) is 1. The maximum absolute atomic E-state index is 12.2. The molecule has 0 spiro atoms. The van der Waals surface area contributed by atoms with Gasteiger partial charge in [0, 0.05) is 24.4 Å². The van der Waals surface area contributed by atoms with Crippen LogP contribution in [0.15, 0.2) is 0 Å². The predicted molar refractivity (Wildman–Crippen MR) is 80.0 cm³/mol. The molecule has 5 nitrogen and oxygen atoms in total. The van der Waals surface area contributed by atoms with E-state index in [1.54, 1.807) is 11.8 Å². The molecule has 0 aliphatic carbocycles. The van der Waals surface area contributed by atoms with Crippen LogP contribution in [0.2, 0.25) is 0 Å². The largest absolute Gasteiger partial charge is 0.481 e. The molecule has 2 aliphatic rings. The smallest absolute Gasteiger partial charge is 0.317 e. The number of carboxylic acid groups (broad SMARTS) is 1. The summed E-state index contributed by atoms with van der Waals surface area (Å²) >= 11 is 1.91. The van der Waals surface area contributed by atoms with Crippen LogP contribution in [0.5, 0.6) is 0 Å². The first kappa shape index (κ1) is 15.5. The number of carboxylic acids is 1. The number of aliphatic carboxylic acids is 1. The number of hydrogen-bond acceptors (Lipinski definition) is 3. The van der Waals surface area contributed by atoms with Crippen molar-refractivity contribution in [3.05, 3.63) is 0 Å². The van der Waals surface area contributed by atoms with Crippen LogP contribution >= 0.6 is 11.8 Å². The van der Waals surface area contributed by atoms with Crippen molar-refractivity contribution in [2.75, 3.05) is 25.4 Å². The van der Waals surface area contributed by atoms with E-state index >= 15 is 0 Å². The molecular formula is C14H24N2O3S. The molecule has 6 heteroatoms. The van der Waals surface area contributed by atoms with E-state index < -0.39 is 11.4 Å². The molecule has 2 saturated heterocycles. The number of carbonyl (C=O) groups is 2. The summed E-state index contributed by atoms with van der Waals surface area (Å²) in [5, 5.41) is 12.3. The topological polar surface area (TPSA) is 69.6 Å². The molecule has 0 aromatic rings. The highest BCUT2D eigenvalue weighted by atomic mass is 32.2. The molecule has 2 unspecified atom stereocenters. The zero-order valence-electron chi connectivity index (χ0n) is 12.3. The van der Waals surface area contributed by atoms with Crippen LogP contribution in [0.25, 0.3) is 0 Å². The molecular weight excluding hydrogens is 276 g/mol. The van der Waals surface area contributed by atoms with Gasteiger partial charge in [0.2, 0.25) is 0 Å². The van der Waals surface area contributed by atoms with Gasteiger partial charge in [-0.3, -0.25) is 4.79 Å². The number of hydrogen-bond donors (Lipinski definition) is 2. The highest BCUT2D eigenvalue weighted by Crippen LogP contribution is 2.37. The highest BCUT2D eigenvalue weighted by Gasteiger charge is 2.39. The van der Waals surface area contributed by atoms with Crippen LogP contribution in [0, 0.1) is 5.41 Å². The first-order valence-electron chi connectivity index (χ1n) is 7.25. The molecule has 0 radical (unpaired) electrons. The van der Waals surface area contributed by atoms with Gasteiger partial charge < -0.3 is 15.3 Å². The lowest BCUT2D eigenvalue weighted by Gasteiger charge is -2.38. The Balaban J connectivity index is 1.87. The summed E-state index contributed by atoms with van der Waals surface area (Å²) in [7, 11) is 0. The van der Waals surface area contributed by atoms with E-state index in [1.165, 1.54) is 6.42 Å². The number of thioether (sulfide) groups is 1. The lowest BCUT2D eigenvalue weighted by Crippen LogP contribution is -2.52. The van der Waals surface area contributed by atoms with E-state index in [1.807, 2.05) is 11.8 Å². The molecule has 114 valence electrons. The minimum atomic E-state index is -0.812. The highest BCUT2D eigenvalue weighted by molar-refractivity contribution is 8.00. The average molecular weight is 300 g/mol. The molecule has 0 bridgehead atoms. The number of nitrogens with zero attached hydrogens (tertiary/aromatic N) is 1. The zero-order chi connectivity index (χ0) is 14.8. The maximum Gasteiger partial charge on any atom is 0.317 e. The molecule has 20 heavy (non-hydrogen) atoms. The van der Waals surface area contributed by atoms with E-state index in [4.69, 9.17) is 0 Å². The molecule has 2 atom stereocenters. The number of rotatable bonds is 3. The van der Waals surface area contributed by atoms with E-state index in [2.05, 4.69) is 12.2 Å². The summed E-state index contributed by atoms with van der Waals surface area (Å²) in [6.07, 6.45) is 3.73. The fourth-order valence-electron chi connectivity index (χ4n) is 2.94. The van der Waals surface area contributed by atoms with Crippen LogP contribution in [0.3, 0.4) is 0 Å². The summed E-state index contributed by atoms with van der Waals surface area (Å²) in [5.74, 6) is 0.348. The minimum absolute atomic E-state index is 0.120. The summed E-state index contributed by atoms with van der Waals surface area (Å²) in [6.45, 7) is 5.53. The third-order valence-corrected chi connectivity index (χ3v) is 5.95. The Morgan fingerprint density at radius 1 is 1.30 bits per heavy atom. The van der Waals surface area contributed by atoms with Crippen molar-refractivity contribution in [3.8, 4) is 0 Å². The van der Waals surface area contributed by atoms with Gasteiger partial charge in [-0.2, -0.15) is 11.8 Å². The standard InChI is InChI=1S/C14H24N2O3S/c1-13(11(17)18)5-3-7-16(10-13)12(19)15-9-14(2)6-4-8-20-14/h3-10H2,1-2H3,(H,15,19)(H,17,18). The predicted octanol–water partition coefficient (Wildman–Crippen LogP) is 2.17. The Labute approximate surface area is 124 Å². The first-order chi connectivity index (χ1) is 9.35. The van der Waals surface area contributed by atoms with Gasteiger partial charge in [0.05, 0.1) is 5.41 Å². The Kier molecular flexibility index (Phi) is 4.52. The van der Waals surface area contributed by atoms with Gasteiger partial charge in [-0.1, -0.05) is 0 Å². The number of amides is 2. The molecule has 2 fully saturated rings. The molecule has 0 aromatic carbocycles. The van der Waals surface area contributed by atoms with Crippen molar-refractivity contribution in [3.63, 3.8) is 0 Å². The molecule has 2 N–H and O–H groups in total. The van der Waals surface area contributed by atoms with Gasteiger partial charge >= 0.3 is 12.0 Å². The Hall–Kier alpha value is -0.910. The second-order valence-electron chi connectivity index (χ2n) is 6.45. The van der Waals surface area contributed by atoms with Crippen LogP contribution in [0.4, 0.5) is 4.79 Å². The SMILES string of the molecule is CC1(CNC(=O)N2CCCC(C)(C(=O)O)C2)CCCS1. The lowest BCUT2D eigenvalue weighted by atomic mass is 9.82. The van der Waals surface area contributed by atoms with Gasteiger partial charge in [-0.05, 0) is 45.3 Å². The molecule has 2 amide bonds. The summed E-state index contributed by atoms with van der Waals surface area (Å²) in [5.41, 5.74) is -0.804. The monoisotopic (exact) mass is 300 g/mol. The van der Waals surface area contributed by atoms with Crippen LogP contribution in [-0.2, 0) is 4.79 Å². The van der Waals surface area contributed by atoms with Crippen molar-refractivity contribution in [1.29, 1.82) is 0 Å². The normalized spacial score (nSPS) is 34.0. The molecule has 2 aliphatic heterocycles. The molecule has 0 saturated carbocycles. The second-order valence-corrected chi connectivity index (χ2v) is 8.13. The molecule has 0 aromatic heterocycles. The van der Waals surface area contributed by atoms with Crippen molar-refractivity contribution in [2.45, 2.75) is 44.3 Å². The van der Waals surface area contributed by atoms with Crippen molar-refractivity contribution in [1.82, 2.24) is 10.2 Å². The summed E-state index contributed by atoms with van der Waals surface area (Å²) in [6, 6.07) is -0.120. The van der Waals surface area contributed by atoms with Crippen LogP contribution in [0.1, 0.15) is 39.5 Å². The minimum Gasteiger partial charge on any atom is -0.481 e. The van der Waals surface area contributed by atoms with Gasteiger partial charge in [-0.15, -0.1) is 0 Å². The summed E-state index contributed by atoms with van der Waals surface area (Å²) in [4.78, 5) is 25.2. The van der Waals surface area contributed by atoms with Crippen LogP contribution < -0.4 is 5.32 Å². The number of piperidine rings is 1. The van der Waals surface area contributed by atoms with E-state index in [0.717, 1.165) is 18.6 Å². The second kappa shape index (κ2) is 5.84. The van der Waals surface area contributed by atoms with Gasteiger partial charge in [0.1, 0.15) is 0 Å². The van der Waals surface area contributed by atoms with E-state index in [9.17, 15) is 14.7 Å². The quantitative estimate of drug-likeness (QED) is 0.838. The van der Waals surface area contributed by atoms with Crippen LogP contribution in [-0.4, -0.2) is 52.1 Å². The van der Waals surface area contributed by atoms with E-state index in [0.29, 0.717) is 26.1 Å². The third kappa shape index (κ3) is 3.40. The van der Waals surface area contributed by atoms with E-state index in [-0.39, 0.29) is 10.8 Å². The molecule has 2 heterocycles. The summed E-state index contributed by atoms with van der Waals surface area (Å²) < 4.78 is 0.140. The number of urea groups is 1. The Bertz CT molecular complexity index is 396. The average Bonchev–Trinajstić information content (AvgIpc) is 2.83. The van der Waals surface area contributed by atoms with Crippen molar-refractivity contribution in [2.24, 2.45) is 5.41 Å². The number of nitrogens with one attached hydrogen (secondary N) is 1. The van der Waals surface area contributed by atoms with Crippen molar-refractivity contribution >= 4 is 23.8 Å². The third-order valence-electron chi connectivity index (χ3n) is 4.41. The number of carbonyl (C=O) groups excluding carboxylic acids is 1. The maximum atomic E-state index is 12.2. The fourth-order valence-corrected chi connectivity index (χ4v) is 4.18. The van der Waals surface area contributed by atoms with Gasteiger partial charge in [-0.25, -0.2) is 4.79 Å².